The Morgan fingerprint density at radius 3 is 2.50 bits per heavy atom. The minimum Gasteiger partial charge on any atom is -0.370 e. The maximum Gasteiger partial charge on any atom is 0.223 e. The summed E-state index contributed by atoms with van der Waals surface area (Å²) in [4.78, 5) is 20.3. The lowest BCUT2D eigenvalue weighted by Crippen LogP contribution is -2.26. The topological polar surface area (TPSA) is 123 Å². The number of anilines is 1. The van der Waals surface area contributed by atoms with E-state index in [-0.39, 0.29) is 17.8 Å². The van der Waals surface area contributed by atoms with Gasteiger partial charge in [-0.2, -0.15) is 4.99 Å². The molecule has 0 saturated heterocycles. The smallest absolute Gasteiger partial charge is 0.223 e. The van der Waals surface area contributed by atoms with Crippen molar-refractivity contribution in [2.45, 2.75) is 6.92 Å². The highest BCUT2D eigenvalue weighted by atomic mass is 16.2. The number of carbonyl (C=O) groups excluding carboxylic acids is 1. The van der Waals surface area contributed by atoms with Gasteiger partial charge in [-0.3, -0.25) is 4.79 Å². The molecule has 96 valence electrons. The lowest BCUT2D eigenvalue weighted by Gasteiger charge is -2.14. The van der Waals surface area contributed by atoms with Crippen LogP contribution in [0.25, 0.3) is 0 Å². The van der Waals surface area contributed by atoms with Gasteiger partial charge in [0, 0.05) is 19.7 Å². The average molecular weight is 248 g/mol. The molecule has 7 nitrogen and oxygen atoms in total. The van der Waals surface area contributed by atoms with Crippen LogP contribution >= 0.6 is 0 Å². The second-order valence-electron chi connectivity index (χ2n) is 3.60. The number of aliphatic imine (C=N–C) groups is 2. The van der Waals surface area contributed by atoms with Crippen LogP contribution in [0, 0.1) is 0 Å². The van der Waals surface area contributed by atoms with Crippen molar-refractivity contribution < 1.29 is 4.79 Å². The van der Waals surface area contributed by atoms with Crippen molar-refractivity contribution in [2.24, 2.45) is 27.2 Å². The highest BCUT2D eigenvalue weighted by Crippen LogP contribution is 2.20. The van der Waals surface area contributed by atoms with Gasteiger partial charge in [-0.25, -0.2) is 4.99 Å². The van der Waals surface area contributed by atoms with Crippen molar-refractivity contribution in [3.8, 4) is 0 Å². The van der Waals surface area contributed by atoms with Crippen LogP contribution in [0.2, 0.25) is 0 Å². The number of nitrogens with zero attached hydrogens (tertiary/aromatic N) is 3. The third-order valence-corrected chi connectivity index (χ3v) is 2.18. The van der Waals surface area contributed by atoms with E-state index in [0.29, 0.717) is 11.4 Å². The molecule has 0 unspecified atom stereocenters. The highest BCUT2D eigenvalue weighted by molar-refractivity contribution is 5.94. The second kappa shape index (κ2) is 5.67. The Hall–Kier alpha value is -2.57. The number of amides is 1. The Morgan fingerprint density at radius 1 is 1.28 bits per heavy atom. The van der Waals surface area contributed by atoms with Crippen molar-refractivity contribution in [3.05, 3.63) is 24.3 Å². The van der Waals surface area contributed by atoms with Crippen LogP contribution in [0.15, 0.2) is 34.3 Å². The Morgan fingerprint density at radius 2 is 1.94 bits per heavy atom. The Bertz CT molecular complexity index is 504. The monoisotopic (exact) mass is 248 g/mol. The Labute approximate surface area is 105 Å². The van der Waals surface area contributed by atoms with Crippen molar-refractivity contribution in [3.63, 3.8) is 0 Å². The number of rotatable bonds is 2. The molecule has 1 aromatic rings. The van der Waals surface area contributed by atoms with Gasteiger partial charge in [-0.15, -0.1) is 0 Å². The minimum absolute atomic E-state index is 0.0439. The summed E-state index contributed by atoms with van der Waals surface area (Å²) in [5.41, 5.74) is 17.1. The summed E-state index contributed by atoms with van der Waals surface area (Å²) in [6.45, 7) is 1.48. The zero-order valence-electron chi connectivity index (χ0n) is 10.3. The molecule has 0 spiro atoms. The first-order chi connectivity index (χ1) is 8.40. The van der Waals surface area contributed by atoms with Crippen LogP contribution in [-0.2, 0) is 4.79 Å². The van der Waals surface area contributed by atoms with Gasteiger partial charge >= 0.3 is 0 Å². The molecule has 0 fully saturated rings. The SMILES string of the molecule is CC(=O)N(C)c1cccc(N=C(N)N=C(N)N)c1. The summed E-state index contributed by atoms with van der Waals surface area (Å²) < 4.78 is 0. The van der Waals surface area contributed by atoms with Gasteiger partial charge in [0.2, 0.25) is 11.9 Å². The minimum atomic E-state index is -0.159. The molecule has 0 bridgehead atoms. The fourth-order valence-corrected chi connectivity index (χ4v) is 1.24. The summed E-state index contributed by atoms with van der Waals surface area (Å²) >= 11 is 0. The zero-order valence-corrected chi connectivity index (χ0v) is 10.3. The lowest BCUT2D eigenvalue weighted by atomic mass is 10.2. The van der Waals surface area contributed by atoms with Crippen molar-refractivity contribution in [1.82, 2.24) is 0 Å². The first-order valence-corrected chi connectivity index (χ1v) is 5.18. The number of nitrogens with two attached hydrogens (primary N) is 3. The number of carbonyl (C=O) groups is 1. The lowest BCUT2D eigenvalue weighted by molar-refractivity contribution is -0.116. The van der Waals surface area contributed by atoms with E-state index in [9.17, 15) is 4.79 Å². The standard InChI is InChI=1S/C11H16N6O/c1-7(18)17(2)9-5-3-4-8(6-9)15-11(14)16-10(12)13/h3-6H,1-2H3,(H6,12,13,14,15,16). The van der Waals surface area contributed by atoms with Gasteiger partial charge in [0.1, 0.15) is 0 Å². The third kappa shape index (κ3) is 3.78. The molecule has 7 heteroatoms. The van der Waals surface area contributed by atoms with Crippen molar-refractivity contribution >= 4 is 29.2 Å². The van der Waals surface area contributed by atoms with E-state index < -0.39 is 0 Å². The molecule has 0 aromatic heterocycles. The summed E-state index contributed by atoms with van der Waals surface area (Å²) in [5.74, 6) is -0.279. The first-order valence-electron chi connectivity index (χ1n) is 5.18. The summed E-state index contributed by atoms with van der Waals surface area (Å²) in [7, 11) is 1.67. The van der Waals surface area contributed by atoms with Gasteiger partial charge in [-0.1, -0.05) is 6.07 Å². The predicted molar refractivity (Wildman–Crippen MR) is 72.6 cm³/mol. The molecule has 1 amide bonds. The molecule has 6 N–H and O–H groups in total. The Kier molecular flexibility index (Phi) is 4.25. The summed E-state index contributed by atoms with van der Waals surface area (Å²) in [6.07, 6.45) is 0. The maximum absolute atomic E-state index is 11.2. The molecule has 18 heavy (non-hydrogen) atoms. The normalized spacial score (nSPS) is 10.9. The van der Waals surface area contributed by atoms with Crippen LogP contribution in [0.4, 0.5) is 11.4 Å². The largest absolute Gasteiger partial charge is 0.370 e. The predicted octanol–water partition coefficient (Wildman–Crippen LogP) is -0.111. The molecule has 0 aliphatic rings. The fraction of sp³-hybridized carbons (Fsp3) is 0.182. The highest BCUT2D eigenvalue weighted by Gasteiger charge is 2.05. The van der Waals surface area contributed by atoms with E-state index in [1.165, 1.54) is 11.8 Å². The zero-order chi connectivity index (χ0) is 13.7. The van der Waals surface area contributed by atoms with Crippen LogP contribution in [0.1, 0.15) is 6.92 Å². The van der Waals surface area contributed by atoms with E-state index in [0.717, 1.165) is 0 Å². The van der Waals surface area contributed by atoms with Crippen molar-refractivity contribution in [2.75, 3.05) is 11.9 Å². The van der Waals surface area contributed by atoms with Crippen LogP contribution in [-0.4, -0.2) is 24.9 Å². The number of guanidine groups is 2. The van der Waals surface area contributed by atoms with Crippen LogP contribution in [0.3, 0.4) is 0 Å². The molecule has 0 aliphatic carbocycles. The molecule has 0 saturated carbocycles. The van der Waals surface area contributed by atoms with E-state index in [4.69, 9.17) is 17.2 Å². The quantitative estimate of drug-likeness (QED) is 0.499. The molecule has 0 atom stereocenters. The second-order valence-corrected chi connectivity index (χ2v) is 3.60. The Balaban J connectivity index is 3.03. The molecular weight excluding hydrogens is 232 g/mol. The fourth-order valence-electron chi connectivity index (χ4n) is 1.24. The molecule has 1 rings (SSSR count). The van der Waals surface area contributed by atoms with Crippen LogP contribution in [0.5, 0.6) is 0 Å². The van der Waals surface area contributed by atoms with Crippen molar-refractivity contribution in [1.29, 1.82) is 0 Å². The van der Waals surface area contributed by atoms with E-state index >= 15 is 0 Å². The van der Waals surface area contributed by atoms with E-state index in [2.05, 4.69) is 9.98 Å². The number of hydrogen-bond acceptors (Lipinski definition) is 2. The number of benzene rings is 1. The van der Waals surface area contributed by atoms with Gasteiger partial charge in [0.05, 0.1) is 5.69 Å². The van der Waals surface area contributed by atoms with Gasteiger partial charge in [0.15, 0.2) is 5.96 Å². The van der Waals surface area contributed by atoms with Crippen LogP contribution < -0.4 is 22.1 Å². The summed E-state index contributed by atoms with van der Waals surface area (Å²) in [6, 6.07) is 6.98. The third-order valence-electron chi connectivity index (χ3n) is 2.18. The maximum atomic E-state index is 11.2. The average Bonchev–Trinajstić information content (AvgIpc) is 2.26. The van der Waals surface area contributed by atoms with Gasteiger partial charge in [-0.05, 0) is 18.2 Å². The molecular formula is C11H16N6O. The molecule has 0 heterocycles. The van der Waals surface area contributed by atoms with E-state index in [1.807, 2.05) is 0 Å². The number of hydrogen-bond donors (Lipinski definition) is 3. The molecule has 0 radical (unpaired) electrons. The summed E-state index contributed by atoms with van der Waals surface area (Å²) in [5, 5.41) is 0. The first kappa shape index (κ1) is 13.5. The van der Waals surface area contributed by atoms with Gasteiger partial charge in [0.25, 0.3) is 0 Å². The van der Waals surface area contributed by atoms with Gasteiger partial charge < -0.3 is 22.1 Å². The van der Waals surface area contributed by atoms with E-state index in [1.54, 1.807) is 31.3 Å². The molecule has 1 aromatic carbocycles. The molecule has 0 aliphatic heterocycles.